The number of carbonyl (C=O) groups is 2. The minimum atomic E-state index is -0.411. The summed E-state index contributed by atoms with van der Waals surface area (Å²) >= 11 is 0. The second-order valence-electron chi connectivity index (χ2n) is 12.0. The largest absolute Gasteiger partial charge is 0.348 e. The van der Waals surface area contributed by atoms with Crippen LogP contribution in [0.2, 0.25) is 0 Å². The molecule has 1 saturated carbocycles. The molecule has 2 amide bonds. The lowest BCUT2D eigenvalue weighted by Gasteiger charge is -2.34. The molecule has 1 N–H and O–H groups in total. The van der Waals surface area contributed by atoms with E-state index in [4.69, 9.17) is 0 Å². The molecule has 4 aromatic rings. The van der Waals surface area contributed by atoms with Crippen molar-refractivity contribution in [2.24, 2.45) is 0 Å². The first-order valence-corrected chi connectivity index (χ1v) is 15.6. The van der Waals surface area contributed by atoms with Crippen molar-refractivity contribution >= 4 is 28.3 Å². The Bertz CT molecular complexity index is 1720. The summed E-state index contributed by atoms with van der Waals surface area (Å²) in [6.07, 6.45) is 13.1. The van der Waals surface area contributed by atoms with Gasteiger partial charge in [0.1, 0.15) is 5.69 Å². The molecule has 7 rings (SSSR count). The molecule has 1 aromatic carbocycles. The molecule has 0 spiro atoms. The Morgan fingerprint density at radius 2 is 1.89 bits per heavy atom. The van der Waals surface area contributed by atoms with Crippen molar-refractivity contribution in [1.29, 1.82) is 0 Å². The number of pyridine rings is 1. The molecule has 0 radical (unpaired) electrons. The van der Waals surface area contributed by atoms with Crippen molar-refractivity contribution in [2.45, 2.75) is 51.6 Å². The van der Waals surface area contributed by atoms with Gasteiger partial charge in [0.25, 0.3) is 5.91 Å². The number of hydrogen-bond acceptors (Lipinski definition) is 6. The van der Waals surface area contributed by atoms with Gasteiger partial charge in [-0.1, -0.05) is 18.2 Å². The zero-order valence-electron chi connectivity index (χ0n) is 25.0. The van der Waals surface area contributed by atoms with Gasteiger partial charge in [0.15, 0.2) is 5.82 Å². The summed E-state index contributed by atoms with van der Waals surface area (Å²) in [5.74, 6) is -0.527. The van der Waals surface area contributed by atoms with Gasteiger partial charge in [0.2, 0.25) is 5.91 Å². The van der Waals surface area contributed by atoms with E-state index in [-0.39, 0.29) is 19.7 Å². The molecule has 1 saturated heterocycles. The number of H-pyrrole nitrogens is 1. The lowest BCUT2D eigenvalue weighted by Crippen LogP contribution is -2.49. The van der Waals surface area contributed by atoms with Gasteiger partial charge >= 0.3 is 0 Å². The number of benzene rings is 1. The van der Waals surface area contributed by atoms with Crippen LogP contribution in [-0.2, 0) is 17.8 Å². The number of aromatic nitrogens is 5. The molecular weight excluding hydrogens is 559 g/mol. The number of piperazine rings is 1. The lowest BCUT2D eigenvalue weighted by atomic mass is 9.91. The van der Waals surface area contributed by atoms with Crippen LogP contribution in [0.4, 0.5) is 4.39 Å². The van der Waals surface area contributed by atoms with Crippen LogP contribution in [-0.4, -0.2) is 96.8 Å². The maximum atomic E-state index is 16.5. The number of rotatable bonds is 8. The molecule has 0 bridgehead atoms. The van der Waals surface area contributed by atoms with Crippen LogP contribution in [0.3, 0.4) is 0 Å². The number of halogens is 1. The second kappa shape index (κ2) is 12.0. The van der Waals surface area contributed by atoms with E-state index >= 15 is 4.39 Å². The number of amides is 2. The smallest absolute Gasteiger partial charge is 0.270 e. The average molecular weight is 599 g/mol. The summed E-state index contributed by atoms with van der Waals surface area (Å²) < 4.78 is 18.2. The van der Waals surface area contributed by atoms with E-state index in [1.807, 2.05) is 29.3 Å². The first kappa shape index (κ1) is 28.4. The molecule has 3 aromatic heterocycles. The van der Waals surface area contributed by atoms with Crippen LogP contribution < -0.4 is 0 Å². The van der Waals surface area contributed by atoms with Crippen molar-refractivity contribution in [3.05, 3.63) is 71.7 Å². The summed E-state index contributed by atoms with van der Waals surface area (Å²) in [6.45, 7) is 6.49. The quantitative estimate of drug-likeness (QED) is 0.323. The molecule has 11 heteroatoms. The van der Waals surface area contributed by atoms with Gasteiger partial charge in [-0.2, -0.15) is 0 Å². The van der Waals surface area contributed by atoms with E-state index in [0.717, 1.165) is 41.8 Å². The fraction of sp³-hybridized carbons (Fsp3) is 0.424. The average Bonchev–Trinajstić information content (AvgIpc) is 3.59. The molecule has 10 nitrogen and oxygen atoms in total. The van der Waals surface area contributed by atoms with Crippen molar-refractivity contribution < 1.29 is 15.4 Å². The predicted octanol–water partition coefficient (Wildman–Crippen LogP) is 4.40. The van der Waals surface area contributed by atoms with E-state index in [0.29, 0.717) is 67.3 Å². The fourth-order valence-corrected chi connectivity index (χ4v) is 6.58. The van der Waals surface area contributed by atoms with Crippen LogP contribution >= 0.6 is 0 Å². The normalized spacial score (nSPS) is 17.7. The Hall–Kier alpha value is -4.38. The fourth-order valence-electron chi connectivity index (χ4n) is 6.58. The number of aryl methyl sites for hydroxylation is 2. The Kier molecular flexibility index (Phi) is 7.71. The summed E-state index contributed by atoms with van der Waals surface area (Å²) in [6, 6.07) is 6.34. The molecule has 2 aliphatic heterocycles. The van der Waals surface area contributed by atoms with Crippen molar-refractivity contribution in [1.82, 2.24) is 39.7 Å². The molecule has 0 atom stereocenters. The maximum absolute atomic E-state index is 16.5. The Morgan fingerprint density at radius 3 is 2.64 bits per heavy atom. The first-order valence-electron chi connectivity index (χ1n) is 15.6. The summed E-state index contributed by atoms with van der Waals surface area (Å²) in [5, 5.41) is 8.40. The van der Waals surface area contributed by atoms with E-state index in [1.54, 1.807) is 34.2 Å². The maximum Gasteiger partial charge on any atom is 0.270 e. The van der Waals surface area contributed by atoms with Gasteiger partial charge < -0.3 is 14.8 Å². The van der Waals surface area contributed by atoms with Crippen LogP contribution in [0, 0.1) is 5.82 Å². The van der Waals surface area contributed by atoms with E-state index in [1.165, 1.54) is 12.8 Å². The highest BCUT2D eigenvalue weighted by Gasteiger charge is 2.33. The first-order chi connectivity index (χ1) is 21.5. The molecule has 2 fully saturated rings. The van der Waals surface area contributed by atoms with Gasteiger partial charge in [0.05, 0.1) is 18.3 Å². The minimum absolute atomic E-state index is 0. The molecule has 1 aliphatic carbocycles. The molecule has 3 aliphatic rings. The highest BCUT2D eigenvalue weighted by atomic mass is 19.1. The zero-order valence-corrected chi connectivity index (χ0v) is 25.0. The number of carbonyl (C=O) groups excluding carboxylic acids is 2. The second-order valence-corrected chi connectivity index (χ2v) is 12.0. The van der Waals surface area contributed by atoms with Gasteiger partial charge in [-0.15, -0.1) is 5.10 Å². The SMILES string of the molecule is CCc1ccncc1-c1cc(C2=CCCN(C(=O)CCn3ccnn3)C2)c(F)c2[nH]c(C(=O)N3CCN(C4CC4)CC3)cc12.[HH]. The Balaban J connectivity index is 0.00000357. The van der Waals surface area contributed by atoms with Crippen LogP contribution in [0.25, 0.3) is 27.6 Å². The Labute approximate surface area is 257 Å². The third-order valence-electron chi connectivity index (χ3n) is 9.21. The van der Waals surface area contributed by atoms with Gasteiger partial charge in [-0.3, -0.25) is 24.2 Å². The molecule has 0 unspecified atom stereocenters. The molecule has 5 heterocycles. The number of fused-ring (bicyclic) bond motifs is 1. The molecule has 230 valence electrons. The highest BCUT2D eigenvalue weighted by Crippen LogP contribution is 2.38. The van der Waals surface area contributed by atoms with Crippen molar-refractivity contribution in [3.63, 3.8) is 0 Å². The third-order valence-corrected chi connectivity index (χ3v) is 9.21. The van der Waals surface area contributed by atoms with Crippen LogP contribution in [0.1, 0.15) is 55.6 Å². The van der Waals surface area contributed by atoms with Gasteiger partial charge in [-0.25, -0.2) is 4.39 Å². The van der Waals surface area contributed by atoms with E-state index in [9.17, 15) is 9.59 Å². The summed E-state index contributed by atoms with van der Waals surface area (Å²) in [7, 11) is 0. The third kappa shape index (κ3) is 5.52. The van der Waals surface area contributed by atoms with Gasteiger partial charge in [-0.05, 0) is 60.6 Å². The van der Waals surface area contributed by atoms with Crippen LogP contribution in [0.5, 0.6) is 0 Å². The van der Waals surface area contributed by atoms with Gasteiger partial charge in [0, 0.05) is 88.3 Å². The monoisotopic (exact) mass is 598 g/mol. The molecular formula is C33H39FN8O2. The standard InChI is InChI=1S/C33H37FN8O2.H2/c1-2-22-7-9-35-20-28(22)26-18-25(23-4-3-11-41(21-23)30(43)8-12-42-13-10-36-38-42)31(34)32-27(26)19-29(37-32)33(44)40-16-14-39(15-17-40)24-5-6-24;/h4,7,9-10,13,18-20,24,37H,2-3,5-6,8,11-12,14-17,21H2,1H3;1H. The number of nitrogens with one attached hydrogen (secondary N) is 1. The summed E-state index contributed by atoms with van der Waals surface area (Å²) in [5.41, 5.74) is 4.71. The zero-order chi connectivity index (χ0) is 30.2. The summed E-state index contributed by atoms with van der Waals surface area (Å²) in [4.78, 5) is 40.5. The number of aromatic amines is 1. The van der Waals surface area contributed by atoms with Crippen LogP contribution in [0.15, 0.2) is 49.1 Å². The lowest BCUT2D eigenvalue weighted by molar-refractivity contribution is -0.131. The van der Waals surface area contributed by atoms with E-state index in [2.05, 4.69) is 32.1 Å². The predicted molar refractivity (Wildman–Crippen MR) is 167 cm³/mol. The highest BCUT2D eigenvalue weighted by molar-refractivity contribution is 6.05. The van der Waals surface area contributed by atoms with E-state index < -0.39 is 5.82 Å². The minimum Gasteiger partial charge on any atom is -0.348 e. The van der Waals surface area contributed by atoms with Crippen molar-refractivity contribution in [2.75, 3.05) is 39.3 Å². The topological polar surface area (TPSA) is 103 Å². The Morgan fingerprint density at radius 1 is 1.05 bits per heavy atom. The number of hydrogen-bond donors (Lipinski definition) is 1. The number of nitrogens with zero attached hydrogens (tertiary/aromatic N) is 7. The van der Waals surface area contributed by atoms with Crippen molar-refractivity contribution in [3.8, 4) is 11.1 Å². The molecule has 44 heavy (non-hydrogen) atoms.